The minimum Gasteiger partial charge on any atom is -0.507 e. The molecule has 0 saturated carbocycles. The molecule has 0 bridgehead atoms. The van der Waals surface area contributed by atoms with Crippen LogP contribution in [0.15, 0.2) is 12.1 Å². The molecule has 0 unspecified atom stereocenters. The molecule has 0 atom stereocenters. The quantitative estimate of drug-likeness (QED) is 0.532. The average Bonchev–Trinajstić information content (AvgIpc) is 2.03. The summed E-state index contributed by atoms with van der Waals surface area (Å²) >= 11 is 0. The standard InChI is InChI=1S/C7H6FNO4/c8-5-2-7(11)4(3-10)1-6(5)9(12)13/h1-2,10-11H,3H2. The molecule has 1 aromatic carbocycles. The van der Waals surface area contributed by atoms with E-state index in [1.54, 1.807) is 0 Å². The first kappa shape index (κ1) is 9.40. The summed E-state index contributed by atoms with van der Waals surface area (Å²) in [7, 11) is 0. The van der Waals surface area contributed by atoms with E-state index in [9.17, 15) is 14.5 Å². The van der Waals surface area contributed by atoms with Crippen LogP contribution >= 0.6 is 0 Å². The molecule has 1 rings (SSSR count). The molecule has 6 heteroatoms. The highest BCUT2D eigenvalue weighted by molar-refractivity contribution is 5.43. The number of nitro benzene ring substituents is 1. The summed E-state index contributed by atoms with van der Waals surface area (Å²) in [6, 6.07) is 1.40. The van der Waals surface area contributed by atoms with Crippen LogP contribution in [0, 0.1) is 15.9 Å². The predicted molar refractivity (Wildman–Crippen MR) is 40.6 cm³/mol. The van der Waals surface area contributed by atoms with E-state index in [1.807, 2.05) is 0 Å². The third kappa shape index (κ3) is 1.73. The Labute approximate surface area is 72.2 Å². The number of nitrogens with zero attached hydrogens (tertiary/aromatic N) is 1. The normalized spacial score (nSPS) is 10.0. The van der Waals surface area contributed by atoms with Gasteiger partial charge in [0.05, 0.1) is 11.5 Å². The Balaban J connectivity index is 3.30. The zero-order chi connectivity index (χ0) is 10.0. The van der Waals surface area contributed by atoms with E-state index in [-0.39, 0.29) is 5.56 Å². The molecule has 0 aliphatic carbocycles. The van der Waals surface area contributed by atoms with Gasteiger partial charge in [0.15, 0.2) is 0 Å². The maximum absolute atomic E-state index is 12.7. The Hall–Kier alpha value is -1.69. The fourth-order valence-corrected chi connectivity index (χ4v) is 0.861. The van der Waals surface area contributed by atoms with E-state index < -0.39 is 28.8 Å². The van der Waals surface area contributed by atoms with Crippen molar-refractivity contribution in [1.29, 1.82) is 0 Å². The van der Waals surface area contributed by atoms with Gasteiger partial charge in [0.25, 0.3) is 0 Å². The zero-order valence-corrected chi connectivity index (χ0v) is 6.40. The van der Waals surface area contributed by atoms with Gasteiger partial charge in [-0.2, -0.15) is 4.39 Å². The summed E-state index contributed by atoms with van der Waals surface area (Å²) in [6.45, 7) is -0.576. The van der Waals surface area contributed by atoms with Crippen LogP contribution in [0.1, 0.15) is 5.56 Å². The number of rotatable bonds is 2. The average molecular weight is 187 g/mol. The fraction of sp³-hybridized carbons (Fsp3) is 0.143. The van der Waals surface area contributed by atoms with E-state index in [0.717, 1.165) is 6.07 Å². The number of halogens is 1. The van der Waals surface area contributed by atoms with Crippen LogP contribution in [0.4, 0.5) is 10.1 Å². The van der Waals surface area contributed by atoms with Gasteiger partial charge in [-0.1, -0.05) is 0 Å². The first-order valence-corrected chi connectivity index (χ1v) is 3.33. The molecule has 0 heterocycles. The molecule has 2 N–H and O–H groups in total. The molecular weight excluding hydrogens is 181 g/mol. The Morgan fingerprint density at radius 3 is 2.62 bits per heavy atom. The zero-order valence-electron chi connectivity index (χ0n) is 6.40. The van der Waals surface area contributed by atoms with E-state index in [1.165, 1.54) is 0 Å². The molecule has 0 radical (unpaired) electrons. The van der Waals surface area contributed by atoms with Gasteiger partial charge in [0.2, 0.25) is 5.82 Å². The number of hydrogen-bond acceptors (Lipinski definition) is 4. The maximum atomic E-state index is 12.7. The van der Waals surface area contributed by atoms with Crippen LogP contribution in [0.2, 0.25) is 0 Å². The molecule has 0 aliphatic rings. The topological polar surface area (TPSA) is 83.6 Å². The maximum Gasteiger partial charge on any atom is 0.305 e. The summed E-state index contributed by atoms with van der Waals surface area (Å²) in [5.74, 6) is -1.62. The van der Waals surface area contributed by atoms with Crippen LogP contribution in [-0.4, -0.2) is 15.1 Å². The molecule has 13 heavy (non-hydrogen) atoms. The monoisotopic (exact) mass is 187 g/mol. The van der Waals surface area contributed by atoms with Gasteiger partial charge in [-0.25, -0.2) is 0 Å². The molecule has 0 fully saturated rings. The van der Waals surface area contributed by atoms with Crippen molar-refractivity contribution in [3.63, 3.8) is 0 Å². The van der Waals surface area contributed by atoms with Crippen molar-refractivity contribution in [2.45, 2.75) is 6.61 Å². The third-order valence-electron chi connectivity index (χ3n) is 1.52. The SMILES string of the molecule is O=[N+]([O-])c1cc(CO)c(O)cc1F. The van der Waals surface area contributed by atoms with Crippen molar-refractivity contribution in [3.8, 4) is 5.75 Å². The summed E-state index contributed by atoms with van der Waals surface area (Å²) in [5.41, 5.74) is -0.838. The third-order valence-corrected chi connectivity index (χ3v) is 1.52. The van der Waals surface area contributed by atoms with E-state index in [2.05, 4.69) is 0 Å². The number of aromatic hydroxyl groups is 1. The molecule has 0 aromatic heterocycles. The van der Waals surface area contributed by atoms with E-state index in [4.69, 9.17) is 10.2 Å². The first-order valence-electron chi connectivity index (χ1n) is 3.33. The molecule has 70 valence electrons. The highest BCUT2D eigenvalue weighted by atomic mass is 19.1. The Morgan fingerprint density at radius 2 is 2.15 bits per heavy atom. The van der Waals surface area contributed by atoms with Crippen molar-refractivity contribution in [1.82, 2.24) is 0 Å². The van der Waals surface area contributed by atoms with Crippen LogP contribution in [0.3, 0.4) is 0 Å². The predicted octanol–water partition coefficient (Wildman–Crippen LogP) is 0.932. The number of aliphatic hydroxyl groups is 1. The van der Waals surface area contributed by atoms with Crippen molar-refractivity contribution in [3.05, 3.63) is 33.6 Å². The highest BCUT2D eigenvalue weighted by Gasteiger charge is 2.17. The molecule has 0 saturated heterocycles. The number of phenols is 1. The van der Waals surface area contributed by atoms with Crippen LogP contribution in [0.5, 0.6) is 5.75 Å². The summed E-state index contributed by atoms with van der Waals surface area (Å²) in [4.78, 5) is 9.28. The minimum absolute atomic E-state index is 0.0758. The second kappa shape index (κ2) is 3.36. The van der Waals surface area contributed by atoms with Crippen LogP contribution < -0.4 is 0 Å². The number of aliphatic hydroxyl groups excluding tert-OH is 1. The van der Waals surface area contributed by atoms with Crippen LogP contribution in [-0.2, 0) is 6.61 Å². The Morgan fingerprint density at radius 1 is 1.54 bits per heavy atom. The molecule has 0 amide bonds. The van der Waals surface area contributed by atoms with E-state index >= 15 is 0 Å². The summed E-state index contributed by atoms with van der Waals surface area (Å²) in [5, 5.41) is 27.8. The highest BCUT2D eigenvalue weighted by Crippen LogP contribution is 2.26. The summed E-state index contributed by atoms with van der Waals surface area (Å²) < 4.78 is 12.7. The van der Waals surface area contributed by atoms with E-state index in [0.29, 0.717) is 6.07 Å². The summed E-state index contributed by atoms with van der Waals surface area (Å²) in [6.07, 6.45) is 0. The Bertz CT molecular complexity index is 353. The largest absolute Gasteiger partial charge is 0.507 e. The number of hydrogen-bond donors (Lipinski definition) is 2. The fourth-order valence-electron chi connectivity index (χ4n) is 0.861. The molecule has 5 nitrogen and oxygen atoms in total. The number of benzene rings is 1. The van der Waals surface area contributed by atoms with Gasteiger partial charge in [0.1, 0.15) is 5.75 Å². The second-order valence-corrected chi connectivity index (χ2v) is 2.35. The van der Waals surface area contributed by atoms with Gasteiger partial charge in [0, 0.05) is 17.7 Å². The van der Waals surface area contributed by atoms with Gasteiger partial charge in [-0.3, -0.25) is 10.1 Å². The van der Waals surface area contributed by atoms with Crippen molar-refractivity contribution >= 4 is 5.69 Å². The van der Waals surface area contributed by atoms with Gasteiger partial charge in [-0.15, -0.1) is 0 Å². The smallest absolute Gasteiger partial charge is 0.305 e. The first-order chi connectivity index (χ1) is 6.06. The van der Waals surface area contributed by atoms with Crippen molar-refractivity contribution in [2.75, 3.05) is 0 Å². The van der Waals surface area contributed by atoms with Gasteiger partial charge < -0.3 is 10.2 Å². The van der Waals surface area contributed by atoms with Crippen molar-refractivity contribution in [2.24, 2.45) is 0 Å². The molecule has 0 spiro atoms. The molecule has 0 aliphatic heterocycles. The minimum atomic E-state index is -1.13. The Kier molecular flexibility index (Phi) is 2.43. The van der Waals surface area contributed by atoms with Crippen LogP contribution in [0.25, 0.3) is 0 Å². The lowest BCUT2D eigenvalue weighted by Crippen LogP contribution is -1.95. The number of nitro groups is 1. The van der Waals surface area contributed by atoms with Crippen molar-refractivity contribution < 1.29 is 19.5 Å². The lowest BCUT2D eigenvalue weighted by molar-refractivity contribution is -0.387. The molecular formula is C7H6FNO4. The lowest BCUT2D eigenvalue weighted by atomic mass is 10.2. The second-order valence-electron chi connectivity index (χ2n) is 2.35. The lowest BCUT2D eigenvalue weighted by Gasteiger charge is -2.00. The van der Waals surface area contributed by atoms with Gasteiger partial charge >= 0.3 is 5.69 Å². The molecule has 1 aromatic rings. The van der Waals surface area contributed by atoms with Gasteiger partial charge in [-0.05, 0) is 0 Å².